The third-order valence-corrected chi connectivity index (χ3v) is 6.73. The minimum absolute atomic E-state index is 0.353. The van der Waals surface area contributed by atoms with Crippen LogP contribution in [0.25, 0.3) is 0 Å². The van der Waals surface area contributed by atoms with E-state index in [1.807, 2.05) is 12.1 Å². The van der Waals surface area contributed by atoms with E-state index in [1.54, 1.807) is 12.1 Å². The molecular weight excluding hydrogens is 390 g/mol. The molecule has 2 N–H and O–H groups in total. The maximum absolute atomic E-state index is 9.30. The summed E-state index contributed by atoms with van der Waals surface area (Å²) in [5.74, 6) is 0.353. The zero-order valence-corrected chi connectivity index (χ0v) is 21.5. The topological polar surface area (TPSA) is 32.3 Å². The van der Waals surface area contributed by atoms with Gasteiger partial charge in [-0.05, 0) is 43.6 Å². The van der Waals surface area contributed by atoms with E-state index in [-0.39, 0.29) is 0 Å². The molecule has 0 fully saturated rings. The monoisotopic (exact) mass is 445 g/mol. The van der Waals surface area contributed by atoms with E-state index in [2.05, 4.69) is 12.2 Å². The molecule has 32 heavy (non-hydrogen) atoms. The highest BCUT2D eigenvalue weighted by atomic mass is 16.3. The third-order valence-electron chi connectivity index (χ3n) is 6.73. The Balaban J connectivity index is 1.67. The predicted octanol–water partition coefficient (Wildman–Crippen LogP) is 9.35. The molecule has 1 rings (SSSR count). The van der Waals surface area contributed by atoms with Crippen molar-refractivity contribution in [2.24, 2.45) is 0 Å². The molecule has 0 radical (unpaired) electrons. The van der Waals surface area contributed by atoms with Crippen molar-refractivity contribution >= 4 is 0 Å². The van der Waals surface area contributed by atoms with Crippen molar-refractivity contribution in [1.82, 2.24) is 5.32 Å². The third kappa shape index (κ3) is 19.6. The first-order chi connectivity index (χ1) is 15.8. The molecule has 0 heterocycles. The summed E-state index contributed by atoms with van der Waals surface area (Å²) < 4.78 is 0. The van der Waals surface area contributed by atoms with Gasteiger partial charge in [0.25, 0.3) is 0 Å². The van der Waals surface area contributed by atoms with Crippen molar-refractivity contribution in [1.29, 1.82) is 0 Å². The molecule has 0 aromatic heterocycles. The Hall–Kier alpha value is -1.02. The number of hydrogen-bond donors (Lipinski definition) is 2. The van der Waals surface area contributed by atoms with Crippen molar-refractivity contribution in [3.05, 3.63) is 29.8 Å². The number of rotatable bonds is 24. The van der Waals surface area contributed by atoms with E-state index in [0.29, 0.717) is 5.75 Å². The number of phenolic OH excluding ortho intramolecular Hbond substituents is 1. The number of hydrogen-bond acceptors (Lipinski definition) is 2. The SMILES string of the molecule is CCCCCCCCCCCCCCCCCCCCCCNCCc1ccc(O)cc1. The Morgan fingerprint density at radius 3 is 1.28 bits per heavy atom. The van der Waals surface area contributed by atoms with Crippen LogP contribution in [0.1, 0.15) is 141 Å². The van der Waals surface area contributed by atoms with E-state index in [9.17, 15) is 5.11 Å². The van der Waals surface area contributed by atoms with E-state index in [4.69, 9.17) is 0 Å². The Kier molecular flexibility index (Phi) is 21.0. The minimum Gasteiger partial charge on any atom is -0.508 e. The Morgan fingerprint density at radius 2 is 0.875 bits per heavy atom. The van der Waals surface area contributed by atoms with Crippen molar-refractivity contribution in [3.63, 3.8) is 0 Å². The van der Waals surface area contributed by atoms with Crippen LogP contribution in [0.3, 0.4) is 0 Å². The van der Waals surface area contributed by atoms with E-state index in [0.717, 1.165) is 19.5 Å². The lowest BCUT2D eigenvalue weighted by atomic mass is 10.0. The van der Waals surface area contributed by atoms with Crippen LogP contribution >= 0.6 is 0 Å². The van der Waals surface area contributed by atoms with E-state index >= 15 is 0 Å². The summed E-state index contributed by atoms with van der Waals surface area (Å²) in [6.07, 6.45) is 29.8. The second kappa shape index (κ2) is 23.1. The van der Waals surface area contributed by atoms with Gasteiger partial charge in [0.1, 0.15) is 5.75 Å². The molecule has 0 atom stereocenters. The fraction of sp³-hybridized carbons (Fsp3) is 0.800. The lowest BCUT2D eigenvalue weighted by molar-refractivity contribution is 0.475. The summed E-state index contributed by atoms with van der Waals surface area (Å²) in [6, 6.07) is 7.56. The van der Waals surface area contributed by atoms with Crippen LogP contribution in [0.4, 0.5) is 0 Å². The maximum atomic E-state index is 9.30. The molecule has 186 valence electrons. The number of nitrogens with one attached hydrogen (secondary N) is 1. The molecule has 1 aromatic rings. The fourth-order valence-electron chi connectivity index (χ4n) is 4.53. The minimum atomic E-state index is 0.353. The molecule has 0 aliphatic heterocycles. The fourth-order valence-corrected chi connectivity index (χ4v) is 4.53. The van der Waals surface area contributed by atoms with Gasteiger partial charge in [-0.3, -0.25) is 0 Å². The van der Waals surface area contributed by atoms with Gasteiger partial charge in [0.15, 0.2) is 0 Å². The van der Waals surface area contributed by atoms with Crippen molar-refractivity contribution in [2.75, 3.05) is 13.1 Å². The van der Waals surface area contributed by atoms with Gasteiger partial charge in [-0.1, -0.05) is 141 Å². The van der Waals surface area contributed by atoms with Crippen LogP contribution in [0.2, 0.25) is 0 Å². The molecule has 1 aromatic carbocycles. The second-order valence-corrected chi connectivity index (χ2v) is 9.88. The second-order valence-electron chi connectivity index (χ2n) is 9.88. The first-order valence-corrected chi connectivity index (χ1v) is 14.3. The molecule has 2 nitrogen and oxygen atoms in total. The summed E-state index contributed by atoms with van der Waals surface area (Å²) in [5.41, 5.74) is 1.29. The Bertz CT molecular complexity index is 484. The predicted molar refractivity (Wildman–Crippen MR) is 143 cm³/mol. The van der Waals surface area contributed by atoms with Crippen molar-refractivity contribution in [2.45, 2.75) is 142 Å². The highest BCUT2D eigenvalue weighted by Gasteiger charge is 1.96. The molecular formula is C30H55NO. The van der Waals surface area contributed by atoms with Crippen LogP contribution in [-0.2, 0) is 6.42 Å². The smallest absolute Gasteiger partial charge is 0.115 e. The van der Waals surface area contributed by atoms with Gasteiger partial charge in [0.05, 0.1) is 0 Å². The average Bonchev–Trinajstić information content (AvgIpc) is 2.81. The van der Waals surface area contributed by atoms with Gasteiger partial charge in [-0.25, -0.2) is 0 Å². The molecule has 0 bridgehead atoms. The van der Waals surface area contributed by atoms with Crippen molar-refractivity contribution < 1.29 is 5.11 Å². The normalized spacial score (nSPS) is 11.3. The van der Waals surface area contributed by atoms with Gasteiger partial charge >= 0.3 is 0 Å². The molecule has 0 aliphatic rings. The van der Waals surface area contributed by atoms with Gasteiger partial charge in [0, 0.05) is 0 Å². The lowest BCUT2D eigenvalue weighted by Gasteiger charge is -2.06. The van der Waals surface area contributed by atoms with Crippen LogP contribution in [-0.4, -0.2) is 18.2 Å². The summed E-state index contributed by atoms with van der Waals surface area (Å²) in [7, 11) is 0. The van der Waals surface area contributed by atoms with Crippen LogP contribution in [0.5, 0.6) is 5.75 Å². The zero-order valence-electron chi connectivity index (χ0n) is 21.5. The first-order valence-electron chi connectivity index (χ1n) is 14.3. The zero-order chi connectivity index (χ0) is 23.0. The lowest BCUT2D eigenvalue weighted by Crippen LogP contribution is -2.18. The number of benzene rings is 1. The molecule has 0 saturated heterocycles. The quantitative estimate of drug-likeness (QED) is 0.155. The van der Waals surface area contributed by atoms with Gasteiger partial charge in [0.2, 0.25) is 0 Å². The van der Waals surface area contributed by atoms with Gasteiger partial charge in [-0.2, -0.15) is 0 Å². The average molecular weight is 446 g/mol. The maximum Gasteiger partial charge on any atom is 0.115 e. The Labute approximate surface area is 201 Å². The first kappa shape index (κ1) is 29.0. The number of unbranched alkanes of at least 4 members (excludes halogenated alkanes) is 19. The summed E-state index contributed by atoms with van der Waals surface area (Å²) in [6.45, 7) is 4.47. The van der Waals surface area contributed by atoms with Crippen molar-refractivity contribution in [3.8, 4) is 5.75 Å². The van der Waals surface area contributed by atoms with E-state index in [1.165, 1.54) is 134 Å². The van der Waals surface area contributed by atoms with E-state index < -0.39 is 0 Å². The summed E-state index contributed by atoms with van der Waals surface area (Å²) >= 11 is 0. The number of phenols is 1. The molecule has 0 spiro atoms. The Morgan fingerprint density at radius 1 is 0.500 bits per heavy atom. The van der Waals surface area contributed by atoms with Crippen LogP contribution < -0.4 is 5.32 Å². The molecule has 0 aliphatic carbocycles. The van der Waals surface area contributed by atoms with Gasteiger partial charge in [-0.15, -0.1) is 0 Å². The molecule has 2 heteroatoms. The summed E-state index contributed by atoms with van der Waals surface area (Å²) in [4.78, 5) is 0. The number of aromatic hydroxyl groups is 1. The van der Waals surface area contributed by atoms with Crippen LogP contribution in [0.15, 0.2) is 24.3 Å². The van der Waals surface area contributed by atoms with Gasteiger partial charge < -0.3 is 10.4 Å². The largest absolute Gasteiger partial charge is 0.508 e. The summed E-state index contributed by atoms with van der Waals surface area (Å²) in [5, 5.41) is 12.8. The molecule has 0 amide bonds. The highest BCUT2D eigenvalue weighted by Crippen LogP contribution is 2.15. The molecule has 0 saturated carbocycles. The highest BCUT2D eigenvalue weighted by molar-refractivity contribution is 5.25. The molecule has 0 unspecified atom stereocenters. The standard InChI is InChI=1S/C30H55NO/c1-2-3-4-5-6-7-8-9-10-11-12-13-14-15-16-17-18-19-20-21-27-31-28-26-29-22-24-30(32)25-23-29/h22-25,31-32H,2-21,26-28H2,1H3. The van der Waals surface area contributed by atoms with Crippen LogP contribution in [0, 0.1) is 0 Å².